The Hall–Kier alpha value is -3.00. The van der Waals surface area contributed by atoms with Crippen LogP contribution < -0.4 is 14.9 Å². The number of alkyl halides is 3. The standard InChI is InChI=1S/C22H18ClF3O5/c1-3-12(4-2)21(28)29-13-9-10-14-17(11-13)31-20(22(24,25)26)19(18(14)27)30-16-8-6-5-7-15(16)23/h5-12H,3-4H2,1-2H3. The first kappa shape index (κ1) is 22.7. The largest absolute Gasteiger partial charge is 0.453 e. The van der Waals surface area contributed by atoms with Crippen molar-refractivity contribution in [2.24, 2.45) is 5.92 Å². The first-order chi connectivity index (χ1) is 14.7. The van der Waals surface area contributed by atoms with Crippen LogP contribution in [0.25, 0.3) is 11.0 Å². The number of hydrogen-bond donors (Lipinski definition) is 0. The zero-order valence-corrected chi connectivity index (χ0v) is 17.3. The highest BCUT2D eigenvalue weighted by molar-refractivity contribution is 6.32. The molecular formula is C22H18ClF3O5. The third-order valence-corrected chi connectivity index (χ3v) is 4.98. The number of para-hydroxylation sites is 1. The van der Waals surface area contributed by atoms with Crippen LogP contribution in [0.3, 0.4) is 0 Å². The van der Waals surface area contributed by atoms with Crippen LogP contribution in [0.2, 0.25) is 5.02 Å². The van der Waals surface area contributed by atoms with Crippen molar-refractivity contribution < 1.29 is 31.9 Å². The van der Waals surface area contributed by atoms with Gasteiger partial charge in [0, 0.05) is 6.07 Å². The third-order valence-electron chi connectivity index (χ3n) is 4.67. The fourth-order valence-corrected chi connectivity index (χ4v) is 3.13. The molecule has 0 saturated carbocycles. The van der Waals surface area contributed by atoms with Crippen molar-refractivity contribution in [1.29, 1.82) is 0 Å². The fourth-order valence-electron chi connectivity index (χ4n) is 2.96. The Kier molecular flexibility index (Phi) is 6.59. The van der Waals surface area contributed by atoms with Gasteiger partial charge in [-0.15, -0.1) is 0 Å². The molecule has 1 aromatic heterocycles. The summed E-state index contributed by atoms with van der Waals surface area (Å²) in [6.07, 6.45) is -3.91. The Morgan fingerprint density at radius 1 is 1.13 bits per heavy atom. The number of esters is 1. The summed E-state index contributed by atoms with van der Waals surface area (Å²) in [5.41, 5.74) is -1.43. The number of halogens is 4. The summed E-state index contributed by atoms with van der Waals surface area (Å²) in [6, 6.07) is 9.40. The first-order valence-corrected chi connectivity index (χ1v) is 9.85. The lowest BCUT2D eigenvalue weighted by Gasteiger charge is -2.15. The summed E-state index contributed by atoms with van der Waals surface area (Å²) in [4.78, 5) is 25.0. The van der Waals surface area contributed by atoms with Crippen molar-refractivity contribution in [2.75, 3.05) is 0 Å². The molecule has 164 valence electrons. The summed E-state index contributed by atoms with van der Waals surface area (Å²) in [5, 5.41) is -0.142. The van der Waals surface area contributed by atoms with E-state index >= 15 is 0 Å². The van der Waals surface area contributed by atoms with Crippen LogP contribution in [0.5, 0.6) is 17.2 Å². The van der Waals surface area contributed by atoms with Gasteiger partial charge in [0.1, 0.15) is 17.1 Å². The van der Waals surface area contributed by atoms with Crippen molar-refractivity contribution in [2.45, 2.75) is 32.9 Å². The number of fused-ring (bicyclic) bond motifs is 1. The van der Waals surface area contributed by atoms with E-state index in [-0.39, 0.29) is 27.8 Å². The van der Waals surface area contributed by atoms with E-state index in [0.29, 0.717) is 12.8 Å². The molecule has 0 spiro atoms. The molecule has 5 nitrogen and oxygen atoms in total. The van der Waals surface area contributed by atoms with E-state index in [9.17, 15) is 22.8 Å². The van der Waals surface area contributed by atoms with E-state index in [0.717, 1.165) is 6.07 Å². The van der Waals surface area contributed by atoms with Gasteiger partial charge in [0.2, 0.25) is 11.2 Å². The van der Waals surface area contributed by atoms with Crippen LogP contribution in [0.1, 0.15) is 32.4 Å². The lowest BCUT2D eigenvalue weighted by atomic mass is 10.0. The van der Waals surface area contributed by atoms with Crippen LogP contribution in [-0.4, -0.2) is 5.97 Å². The number of carbonyl (C=O) groups excluding carboxylic acids is 1. The topological polar surface area (TPSA) is 65.7 Å². The van der Waals surface area contributed by atoms with Gasteiger partial charge in [-0.05, 0) is 37.1 Å². The number of hydrogen-bond acceptors (Lipinski definition) is 5. The molecule has 2 aromatic carbocycles. The molecule has 1 heterocycles. The minimum atomic E-state index is -5.02. The van der Waals surface area contributed by atoms with E-state index in [1.807, 2.05) is 13.8 Å². The molecule has 0 N–H and O–H groups in total. The Labute approximate surface area is 180 Å². The van der Waals surface area contributed by atoms with Crippen molar-refractivity contribution in [3.63, 3.8) is 0 Å². The molecule has 3 aromatic rings. The summed E-state index contributed by atoms with van der Waals surface area (Å²) >= 11 is 5.94. The van der Waals surface area contributed by atoms with Gasteiger partial charge in [-0.3, -0.25) is 9.59 Å². The molecule has 3 rings (SSSR count). The van der Waals surface area contributed by atoms with Crippen LogP contribution in [0.15, 0.2) is 51.7 Å². The van der Waals surface area contributed by atoms with Crippen molar-refractivity contribution >= 4 is 28.5 Å². The van der Waals surface area contributed by atoms with E-state index in [1.165, 1.54) is 30.3 Å². The number of ether oxygens (including phenoxy) is 2. The van der Waals surface area contributed by atoms with Gasteiger partial charge in [0.05, 0.1) is 16.3 Å². The minimum Gasteiger partial charge on any atom is -0.448 e. The highest BCUT2D eigenvalue weighted by Crippen LogP contribution is 2.39. The number of carbonyl (C=O) groups is 1. The Bertz CT molecular complexity index is 1170. The summed E-state index contributed by atoms with van der Waals surface area (Å²) in [6.45, 7) is 3.65. The zero-order valence-electron chi connectivity index (χ0n) is 16.6. The van der Waals surface area contributed by atoms with Gasteiger partial charge >= 0.3 is 12.1 Å². The van der Waals surface area contributed by atoms with Crippen LogP contribution in [-0.2, 0) is 11.0 Å². The molecule has 0 aliphatic rings. The molecule has 0 radical (unpaired) electrons. The van der Waals surface area contributed by atoms with Gasteiger partial charge in [0.25, 0.3) is 5.76 Å². The monoisotopic (exact) mass is 454 g/mol. The smallest absolute Gasteiger partial charge is 0.448 e. The Morgan fingerprint density at radius 2 is 1.81 bits per heavy atom. The van der Waals surface area contributed by atoms with Crippen LogP contribution in [0, 0.1) is 5.92 Å². The molecule has 9 heteroatoms. The van der Waals surface area contributed by atoms with Crippen LogP contribution >= 0.6 is 11.6 Å². The summed E-state index contributed by atoms with van der Waals surface area (Å²) in [7, 11) is 0. The fraction of sp³-hybridized carbons (Fsp3) is 0.273. The second-order valence-corrected chi connectivity index (χ2v) is 7.12. The van der Waals surface area contributed by atoms with Crippen molar-refractivity contribution in [3.05, 3.63) is 63.5 Å². The van der Waals surface area contributed by atoms with E-state index in [4.69, 9.17) is 25.5 Å². The second kappa shape index (κ2) is 9.01. The van der Waals surface area contributed by atoms with Gasteiger partial charge in [-0.1, -0.05) is 37.6 Å². The van der Waals surface area contributed by atoms with Gasteiger partial charge < -0.3 is 13.9 Å². The Balaban J connectivity index is 2.10. The third kappa shape index (κ3) is 4.85. The maximum Gasteiger partial charge on any atom is 0.453 e. The summed E-state index contributed by atoms with van der Waals surface area (Å²) in [5.74, 6) is -3.66. The molecule has 0 fully saturated rings. The van der Waals surface area contributed by atoms with Gasteiger partial charge in [-0.25, -0.2) is 0 Å². The maximum atomic E-state index is 13.6. The zero-order chi connectivity index (χ0) is 22.8. The molecule has 31 heavy (non-hydrogen) atoms. The van der Waals surface area contributed by atoms with Gasteiger partial charge in [-0.2, -0.15) is 13.2 Å². The first-order valence-electron chi connectivity index (χ1n) is 9.47. The lowest BCUT2D eigenvalue weighted by molar-refractivity contribution is -0.154. The SMILES string of the molecule is CCC(CC)C(=O)Oc1ccc2c(=O)c(Oc3ccccc3Cl)c(C(F)(F)F)oc2c1. The average molecular weight is 455 g/mol. The highest BCUT2D eigenvalue weighted by Gasteiger charge is 2.40. The van der Waals surface area contributed by atoms with Crippen molar-refractivity contribution in [1.82, 2.24) is 0 Å². The Morgan fingerprint density at radius 3 is 2.42 bits per heavy atom. The predicted molar refractivity (Wildman–Crippen MR) is 109 cm³/mol. The highest BCUT2D eigenvalue weighted by atomic mass is 35.5. The molecule has 0 aliphatic carbocycles. The number of rotatable bonds is 6. The minimum absolute atomic E-state index is 0.0267. The quantitative estimate of drug-likeness (QED) is 0.310. The van der Waals surface area contributed by atoms with Crippen molar-refractivity contribution in [3.8, 4) is 17.2 Å². The molecule has 0 aliphatic heterocycles. The average Bonchev–Trinajstić information content (AvgIpc) is 2.71. The lowest BCUT2D eigenvalue weighted by Crippen LogP contribution is -2.19. The second-order valence-electron chi connectivity index (χ2n) is 6.71. The maximum absolute atomic E-state index is 13.6. The molecule has 0 unspecified atom stereocenters. The van der Waals surface area contributed by atoms with Crippen LogP contribution in [0.4, 0.5) is 13.2 Å². The molecule has 0 atom stereocenters. The molecule has 0 amide bonds. The predicted octanol–water partition coefficient (Wildman–Crippen LogP) is 6.60. The van der Waals surface area contributed by atoms with E-state index < -0.39 is 34.7 Å². The number of benzene rings is 2. The van der Waals surface area contributed by atoms with E-state index in [2.05, 4.69) is 0 Å². The molecule has 0 bridgehead atoms. The summed E-state index contributed by atoms with van der Waals surface area (Å²) < 4.78 is 56.4. The molecular weight excluding hydrogens is 437 g/mol. The van der Waals surface area contributed by atoms with Gasteiger partial charge in [0.15, 0.2) is 0 Å². The molecule has 0 saturated heterocycles. The normalized spacial score (nSPS) is 11.7. The van der Waals surface area contributed by atoms with E-state index in [1.54, 1.807) is 6.07 Å².